The van der Waals surface area contributed by atoms with E-state index >= 15 is 0 Å². The van der Waals surface area contributed by atoms with Crippen molar-refractivity contribution in [2.24, 2.45) is 0 Å². The molecule has 1 heterocycles. The lowest BCUT2D eigenvalue weighted by molar-refractivity contribution is 0.208. The maximum Gasteiger partial charge on any atom is 0.317 e. The van der Waals surface area contributed by atoms with Crippen LogP contribution in [-0.2, 0) is 6.54 Å². The van der Waals surface area contributed by atoms with Crippen LogP contribution in [0.4, 0.5) is 4.79 Å². The number of amides is 2. The van der Waals surface area contributed by atoms with Gasteiger partial charge in [0.05, 0.1) is 6.54 Å². The van der Waals surface area contributed by atoms with E-state index in [1.807, 2.05) is 31.1 Å². The number of nitrogens with one attached hydrogen (secondary N) is 1. The fourth-order valence-corrected chi connectivity index (χ4v) is 2.91. The van der Waals surface area contributed by atoms with Crippen LogP contribution in [0.3, 0.4) is 0 Å². The van der Waals surface area contributed by atoms with E-state index in [9.17, 15) is 4.79 Å². The fourth-order valence-electron chi connectivity index (χ4n) is 2.07. The molecule has 2 aromatic rings. The molecule has 0 saturated heterocycles. The van der Waals surface area contributed by atoms with Crippen molar-refractivity contribution in [3.05, 3.63) is 48.3 Å². The molecule has 0 atom stereocenters. The summed E-state index contributed by atoms with van der Waals surface area (Å²) in [5, 5.41) is 7.01. The summed E-state index contributed by atoms with van der Waals surface area (Å²) in [6.45, 7) is 4.12. The maximum absolute atomic E-state index is 12.0. The molecule has 0 unspecified atom stereocenters. The third-order valence-corrected chi connectivity index (χ3v) is 4.55. The number of aromatic nitrogens is 2. The lowest BCUT2D eigenvalue weighted by Crippen LogP contribution is -2.39. The van der Waals surface area contributed by atoms with Gasteiger partial charge in [-0.3, -0.25) is 4.68 Å². The van der Waals surface area contributed by atoms with Crippen LogP contribution >= 0.6 is 11.8 Å². The molecule has 0 aliphatic rings. The SMILES string of the molecule is Cc1ccc(SCCCN(C)C(=O)NCCn2cccn2)cc1. The smallest absolute Gasteiger partial charge is 0.317 e. The zero-order valence-corrected chi connectivity index (χ0v) is 14.6. The zero-order valence-electron chi connectivity index (χ0n) is 13.7. The minimum Gasteiger partial charge on any atom is -0.336 e. The van der Waals surface area contributed by atoms with Gasteiger partial charge in [0.1, 0.15) is 0 Å². The van der Waals surface area contributed by atoms with Gasteiger partial charge in [-0.1, -0.05) is 17.7 Å². The Morgan fingerprint density at radius 2 is 2.13 bits per heavy atom. The average molecular weight is 332 g/mol. The van der Waals surface area contributed by atoms with Crippen molar-refractivity contribution < 1.29 is 4.79 Å². The monoisotopic (exact) mass is 332 g/mol. The van der Waals surface area contributed by atoms with E-state index in [0.717, 1.165) is 18.7 Å². The predicted molar refractivity (Wildman–Crippen MR) is 94.8 cm³/mol. The molecule has 0 fully saturated rings. The number of urea groups is 1. The Morgan fingerprint density at radius 1 is 1.35 bits per heavy atom. The van der Waals surface area contributed by atoms with E-state index in [-0.39, 0.29) is 6.03 Å². The molecule has 0 radical (unpaired) electrons. The number of hydrogen-bond donors (Lipinski definition) is 1. The Labute approximate surface area is 142 Å². The number of carbonyl (C=O) groups excluding carboxylic acids is 1. The number of benzene rings is 1. The summed E-state index contributed by atoms with van der Waals surface area (Å²) in [7, 11) is 1.83. The van der Waals surface area contributed by atoms with Gasteiger partial charge in [0, 0.05) is 37.4 Å². The second-order valence-electron chi connectivity index (χ2n) is 5.44. The molecule has 0 spiro atoms. The summed E-state index contributed by atoms with van der Waals surface area (Å²) < 4.78 is 1.80. The molecule has 1 N–H and O–H groups in total. The van der Waals surface area contributed by atoms with Crippen LogP contribution in [0.25, 0.3) is 0 Å². The van der Waals surface area contributed by atoms with Crippen LogP contribution < -0.4 is 5.32 Å². The molecule has 5 nitrogen and oxygen atoms in total. The Kier molecular flexibility index (Phi) is 7.00. The molecule has 0 bridgehead atoms. The van der Waals surface area contributed by atoms with Crippen molar-refractivity contribution in [2.75, 3.05) is 25.9 Å². The van der Waals surface area contributed by atoms with Gasteiger partial charge in [0.15, 0.2) is 0 Å². The molecule has 0 aliphatic heterocycles. The Bertz CT molecular complexity index is 583. The van der Waals surface area contributed by atoms with Gasteiger partial charge >= 0.3 is 6.03 Å². The first-order chi connectivity index (χ1) is 11.1. The minimum atomic E-state index is -0.0301. The first kappa shape index (κ1) is 17.4. The summed E-state index contributed by atoms with van der Waals surface area (Å²) in [4.78, 5) is 15.0. The number of rotatable bonds is 8. The van der Waals surface area contributed by atoms with Crippen molar-refractivity contribution >= 4 is 17.8 Å². The Morgan fingerprint density at radius 3 is 2.83 bits per heavy atom. The van der Waals surface area contributed by atoms with Gasteiger partial charge in [-0.15, -0.1) is 11.8 Å². The van der Waals surface area contributed by atoms with Crippen LogP contribution in [0, 0.1) is 6.92 Å². The first-order valence-corrected chi connectivity index (χ1v) is 8.79. The molecule has 2 rings (SSSR count). The number of carbonyl (C=O) groups is 1. The van der Waals surface area contributed by atoms with Crippen molar-refractivity contribution in [3.8, 4) is 0 Å². The molecule has 0 aliphatic carbocycles. The van der Waals surface area contributed by atoms with E-state index < -0.39 is 0 Å². The normalized spacial score (nSPS) is 10.5. The van der Waals surface area contributed by atoms with E-state index in [2.05, 4.69) is 41.6 Å². The van der Waals surface area contributed by atoms with E-state index in [0.29, 0.717) is 13.1 Å². The van der Waals surface area contributed by atoms with Crippen molar-refractivity contribution in [1.29, 1.82) is 0 Å². The van der Waals surface area contributed by atoms with Crippen molar-refractivity contribution in [3.63, 3.8) is 0 Å². The average Bonchev–Trinajstić information content (AvgIpc) is 3.06. The standard InChI is InChI=1S/C17H24N4OS/c1-15-5-7-16(8-6-15)23-14-4-11-20(2)17(22)18-10-13-21-12-3-9-19-21/h3,5-9,12H,4,10-11,13-14H2,1-2H3,(H,18,22). The van der Waals surface area contributed by atoms with Crippen LogP contribution in [0.5, 0.6) is 0 Å². The second kappa shape index (κ2) is 9.25. The molecule has 124 valence electrons. The van der Waals surface area contributed by atoms with Gasteiger partial charge in [0.2, 0.25) is 0 Å². The molecular formula is C17H24N4OS. The summed E-state index contributed by atoms with van der Waals surface area (Å²) in [5.74, 6) is 1.01. The third kappa shape index (κ3) is 6.36. The lowest BCUT2D eigenvalue weighted by Gasteiger charge is -2.17. The second-order valence-corrected chi connectivity index (χ2v) is 6.61. The van der Waals surface area contributed by atoms with Crippen LogP contribution in [0.2, 0.25) is 0 Å². The molecule has 2 amide bonds. The van der Waals surface area contributed by atoms with Crippen LogP contribution in [0.1, 0.15) is 12.0 Å². The topological polar surface area (TPSA) is 50.2 Å². The van der Waals surface area contributed by atoms with Crippen molar-refractivity contribution in [1.82, 2.24) is 20.0 Å². The summed E-state index contributed by atoms with van der Waals surface area (Å²) >= 11 is 1.83. The van der Waals surface area contributed by atoms with Crippen LogP contribution in [-0.4, -0.2) is 46.6 Å². The summed E-state index contributed by atoms with van der Waals surface area (Å²) in [6.07, 6.45) is 4.60. The Balaban J connectivity index is 1.57. The molecule has 1 aromatic carbocycles. The lowest BCUT2D eigenvalue weighted by atomic mass is 10.2. The zero-order chi connectivity index (χ0) is 16.5. The molecule has 23 heavy (non-hydrogen) atoms. The van der Waals surface area contributed by atoms with Gasteiger partial charge in [0.25, 0.3) is 0 Å². The number of aryl methyl sites for hydroxylation is 1. The first-order valence-electron chi connectivity index (χ1n) is 7.81. The molecule has 6 heteroatoms. The quantitative estimate of drug-likeness (QED) is 0.597. The van der Waals surface area contributed by atoms with Gasteiger partial charge in [-0.25, -0.2) is 4.79 Å². The van der Waals surface area contributed by atoms with Gasteiger partial charge < -0.3 is 10.2 Å². The minimum absolute atomic E-state index is 0.0301. The number of hydrogen-bond acceptors (Lipinski definition) is 3. The highest BCUT2D eigenvalue weighted by Crippen LogP contribution is 2.18. The van der Waals surface area contributed by atoms with Crippen molar-refractivity contribution in [2.45, 2.75) is 24.8 Å². The Hall–Kier alpha value is -1.95. The summed E-state index contributed by atoms with van der Waals surface area (Å²) in [6, 6.07) is 10.4. The fraction of sp³-hybridized carbons (Fsp3) is 0.412. The maximum atomic E-state index is 12.0. The number of nitrogens with zero attached hydrogens (tertiary/aromatic N) is 3. The summed E-state index contributed by atoms with van der Waals surface area (Å²) in [5.41, 5.74) is 1.28. The van der Waals surface area contributed by atoms with Crippen LogP contribution in [0.15, 0.2) is 47.6 Å². The highest BCUT2D eigenvalue weighted by atomic mass is 32.2. The molecule has 0 saturated carbocycles. The van der Waals surface area contributed by atoms with E-state index in [1.165, 1.54) is 10.5 Å². The predicted octanol–water partition coefficient (Wildman–Crippen LogP) is 3.02. The number of thioether (sulfide) groups is 1. The molecular weight excluding hydrogens is 308 g/mol. The largest absolute Gasteiger partial charge is 0.336 e. The highest BCUT2D eigenvalue weighted by molar-refractivity contribution is 7.99. The molecule has 1 aromatic heterocycles. The van der Waals surface area contributed by atoms with Gasteiger partial charge in [-0.2, -0.15) is 5.10 Å². The highest BCUT2D eigenvalue weighted by Gasteiger charge is 2.07. The third-order valence-electron chi connectivity index (χ3n) is 3.45. The van der Waals surface area contributed by atoms with E-state index in [1.54, 1.807) is 15.8 Å². The van der Waals surface area contributed by atoms with E-state index in [4.69, 9.17) is 0 Å². The van der Waals surface area contributed by atoms with Gasteiger partial charge in [-0.05, 0) is 37.3 Å².